The van der Waals surface area contributed by atoms with Gasteiger partial charge in [0.15, 0.2) is 5.78 Å². The van der Waals surface area contributed by atoms with Gasteiger partial charge in [-0.1, -0.05) is 50.5 Å². The number of benzene rings is 1. The summed E-state index contributed by atoms with van der Waals surface area (Å²) in [5.74, 6) is 0.224. The van der Waals surface area contributed by atoms with Crippen LogP contribution in [0.1, 0.15) is 49.4 Å². The van der Waals surface area contributed by atoms with E-state index in [2.05, 4.69) is 13.0 Å². The first kappa shape index (κ1) is 11.0. The maximum atomic E-state index is 11.6. The molecule has 75 valence electrons. The third-order valence-corrected chi connectivity index (χ3v) is 2.27. The van der Waals surface area contributed by atoms with Crippen molar-refractivity contribution in [1.82, 2.24) is 0 Å². The number of hydrogen-bond acceptors (Lipinski definition) is 1. The van der Waals surface area contributed by atoms with Gasteiger partial charge in [0.2, 0.25) is 0 Å². The lowest BCUT2D eigenvalue weighted by atomic mass is 10.0. The molecule has 0 fully saturated rings. The van der Waals surface area contributed by atoms with Gasteiger partial charge in [0.25, 0.3) is 0 Å². The topological polar surface area (TPSA) is 17.1 Å². The van der Waals surface area contributed by atoms with Crippen LogP contribution >= 0.6 is 0 Å². The van der Waals surface area contributed by atoms with E-state index in [1.54, 1.807) is 6.07 Å². The van der Waals surface area contributed by atoms with Gasteiger partial charge in [0.1, 0.15) is 0 Å². The molecule has 0 atom stereocenters. The van der Waals surface area contributed by atoms with Crippen molar-refractivity contribution in [3.8, 4) is 0 Å². The molecule has 1 rings (SSSR count). The third kappa shape index (κ3) is 3.73. The summed E-state index contributed by atoms with van der Waals surface area (Å²) < 4.78 is 0. The van der Waals surface area contributed by atoms with E-state index in [0.29, 0.717) is 6.42 Å². The van der Waals surface area contributed by atoms with E-state index in [4.69, 9.17) is 0 Å². The Balaban J connectivity index is 2.29. The highest BCUT2D eigenvalue weighted by Crippen LogP contribution is 2.08. The monoisotopic (exact) mass is 189 g/mol. The highest BCUT2D eigenvalue weighted by atomic mass is 16.1. The maximum Gasteiger partial charge on any atom is 0.163 e. The van der Waals surface area contributed by atoms with E-state index in [1.807, 2.05) is 18.2 Å². The van der Waals surface area contributed by atoms with Gasteiger partial charge in [0.05, 0.1) is 0 Å². The zero-order valence-electron chi connectivity index (χ0n) is 8.75. The van der Waals surface area contributed by atoms with E-state index in [-0.39, 0.29) is 5.78 Å². The lowest BCUT2D eigenvalue weighted by Crippen LogP contribution is -1.98. The fraction of sp³-hybridized carbons (Fsp3) is 0.462. The van der Waals surface area contributed by atoms with Crippen LogP contribution in [-0.4, -0.2) is 5.78 Å². The second kappa shape index (κ2) is 6.36. The molecule has 0 saturated carbocycles. The molecule has 0 aromatic heterocycles. The maximum absolute atomic E-state index is 11.6. The van der Waals surface area contributed by atoms with Crippen molar-refractivity contribution in [3.05, 3.63) is 35.9 Å². The molecule has 0 aliphatic carbocycles. The first-order valence-electron chi connectivity index (χ1n) is 5.34. The first-order valence-corrected chi connectivity index (χ1v) is 5.34. The Morgan fingerprint density at radius 1 is 1.29 bits per heavy atom. The number of unbranched alkanes of at least 4 members (excludes halogenated alkanes) is 3. The summed E-state index contributed by atoms with van der Waals surface area (Å²) in [6, 6.07) is 10.4. The summed E-state index contributed by atoms with van der Waals surface area (Å²) >= 11 is 0. The van der Waals surface area contributed by atoms with Crippen molar-refractivity contribution < 1.29 is 4.79 Å². The van der Waals surface area contributed by atoms with Crippen LogP contribution in [0.3, 0.4) is 0 Å². The summed E-state index contributed by atoms with van der Waals surface area (Å²) in [7, 11) is 0. The predicted molar refractivity (Wildman–Crippen MR) is 58.4 cm³/mol. The van der Waals surface area contributed by atoms with E-state index >= 15 is 0 Å². The molecule has 1 nitrogen and oxygen atoms in total. The summed E-state index contributed by atoms with van der Waals surface area (Å²) in [5, 5.41) is 0. The first-order chi connectivity index (χ1) is 6.84. The molecule has 1 aromatic carbocycles. The van der Waals surface area contributed by atoms with Crippen LogP contribution in [0.25, 0.3) is 0 Å². The van der Waals surface area contributed by atoms with Crippen molar-refractivity contribution in [2.45, 2.75) is 39.0 Å². The molecule has 0 amide bonds. The van der Waals surface area contributed by atoms with Crippen molar-refractivity contribution in [2.75, 3.05) is 0 Å². The van der Waals surface area contributed by atoms with Crippen LogP contribution in [0.15, 0.2) is 24.3 Å². The third-order valence-electron chi connectivity index (χ3n) is 2.27. The van der Waals surface area contributed by atoms with E-state index < -0.39 is 0 Å². The Labute approximate surface area is 86.1 Å². The van der Waals surface area contributed by atoms with Gasteiger partial charge in [0, 0.05) is 12.0 Å². The molecule has 1 radical (unpaired) electrons. The molecule has 0 heterocycles. The Kier molecular flexibility index (Phi) is 4.98. The summed E-state index contributed by atoms with van der Waals surface area (Å²) in [6.07, 6.45) is 5.28. The van der Waals surface area contributed by atoms with Crippen molar-refractivity contribution in [3.63, 3.8) is 0 Å². The highest BCUT2D eigenvalue weighted by Gasteiger charge is 2.03. The number of rotatable bonds is 6. The van der Waals surface area contributed by atoms with Gasteiger partial charge < -0.3 is 0 Å². The second-order valence-electron chi connectivity index (χ2n) is 3.51. The molecule has 0 saturated heterocycles. The molecule has 0 N–H and O–H groups in total. The zero-order valence-corrected chi connectivity index (χ0v) is 8.75. The Hall–Kier alpha value is -1.11. The Morgan fingerprint density at radius 3 is 2.79 bits per heavy atom. The standard InChI is InChI=1S/C13H17O/c1-2-3-4-8-11-13(14)12-9-6-5-7-10-12/h5-7,9H,2-4,8,11H2,1H3. The minimum Gasteiger partial charge on any atom is -0.294 e. The molecule has 0 spiro atoms. The number of ketones is 1. The number of carbonyl (C=O) groups is 1. The van der Waals surface area contributed by atoms with Crippen molar-refractivity contribution in [2.24, 2.45) is 0 Å². The van der Waals surface area contributed by atoms with Crippen molar-refractivity contribution >= 4 is 5.78 Å². The molecular weight excluding hydrogens is 172 g/mol. The lowest BCUT2D eigenvalue weighted by molar-refractivity contribution is 0.0979. The average molecular weight is 189 g/mol. The summed E-state index contributed by atoms with van der Waals surface area (Å²) in [6.45, 7) is 2.17. The van der Waals surface area contributed by atoms with Gasteiger partial charge in [-0.2, -0.15) is 0 Å². The van der Waals surface area contributed by atoms with E-state index in [9.17, 15) is 4.79 Å². The Bertz CT molecular complexity index is 264. The van der Waals surface area contributed by atoms with Crippen LogP contribution in [0, 0.1) is 6.07 Å². The van der Waals surface area contributed by atoms with Crippen LogP contribution < -0.4 is 0 Å². The zero-order chi connectivity index (χ0) is 10.2. The van der Waals surface area contributed by atoms with Crippen molar-refractivity contribution in [1.29, 1.82) is 0 Å². The minimum absolute atomic E-state index is 0.224. The minimum atomic E-state index is 0.224. The number of hydrogen-bond donors (Lipinski definition) is 0. The molecule has 0 unspecified atom stereocenters. The predicted octanol–water partition coefficient (Wildman–Crippen LogP) is 3.64. The van der Waals surface area contributed by atoms with Gasteiger partial charge >= 0.3 is 0 Å². The van der Waals surface area contributed by atoms with Gasteiger partial charge in [-0.15, -0.1) is 0 Å². The molecule has 1 aromatic rings. The van der Waals surface area contributed by atoms with E-state index in [0.717, 1.165) is 18.4 Å². The van der Waals surface area contributed by atoms with Crippen LogP contribution in [0.4, 0.5) is 0 Å². The normalized spacial score (nSPS) is 10.1. The highest BCUT2D eigenvalue weighted by molar-refractivity contribution is 5.95. The van der Waals surface area contributed by atoms with Gasteiger partial charge in [-0.05, 0) is 12.5 Å². The fourth-order valence-electron chi connectivity index (χ4n) is 1.41. The van der Waals surface area contributed by atoms with Gasteiger partial charge in [-0.25, -0.2) is 0 Å². The molecule has 14 heavy (non-hydrogen) atoms. The molecule has 0 bridgehead atoms. The Morgan fingerprint density at radius 2 is 2.14 bits per heavy atom. The van der Waals surface area contributed by atoms with Gasteiger partial charge in [-0.3, -0.25) is 4.79 Å². The molecule has 0 aliphatic rings. The molecular formula is C13H17O. The molecule has 1 heteroatoms. The summed E-state index contributed by atoms with van der Waals surface area (Å²) in [4.78, 5) is 11.6. The quantitative estimate of drug-likeness (QED) is 0.493. The lowest BCUT2D eigenvalue weighted by Gasteiger charge is -1.99. The average Bonchev–Trinajstić information content (AvgIpc) is 2.25. The van der Waals surface area contributed by atoms with E-state index in [1.165, 1.54) is 12.8 Å². The smallest absolute Gasteiger partial charge is 0.163 e. The largest absolute Gasteiger partial charge is 0.294 e. The summed E-state index contributed by atoms with van der Waals surface area (Å²) in [5.41, 5.74) is 0.726. The second-order valence-corrected chi connectivity index (χ2v) is 3.51. The van der Waals surface area contributed by atoms with Crippen LogP contribution in [-0.2, 0) is 0 Å². The fourth-order valence-corrected chi connectivity index (χ4v) is 1.41. The molecule has 0 aliphatic heterocycles. The SMILES string of the molecule is CCCCCCC(=O)c1[c]cccc1. The number of Topliss-reactive ketones (excluding diaryl/α,β-unsaturated/α-hetero) is 1. The van der Waals surface area contributed by atoms with Crippen LogP contribution in [0.2, 0.25) is 0 Å². The van der Waals surface area contributed by atoms with Crippen LogP contribution in [0.5, 0.6) is 0 Å². The number of carbonyl (C=O) groups excluding carboxylic acids is 1.